The van der Waals surface area contributed by atoms with Crippen molar-refractivity contribution >= 4 is 28.7 Å². The van der Waals surface area contributed by atoms with Crippen molar-refractivity contribution in [2.75, 3.05) is 0 Å². The summed E-state index contributed by atoms with van der Waals surface area (Å²) in [5.41, 5.74) is 3.72. The van der Waals surface area contributed by atoms with Crippen molar-refractivity contribution in [3.8, 4) is 17.3 Å². The zero-order valence-electron chi connectivity index (χ0n) is 15.6. The summed E-state index contributed by atoms with van der Waals surface area (Å²) < 4.78 is 0. The number of rotatable bonds is 6. The molecule has 0 aliphatic rings. The van der Waals surface area contributed by atoms with Gasteiger partial charge in [-0.3, -0.25) is 10.1 Å². The SMILES string of the molecule is CC(C)Cc1ccc(-c2csc(/C(C#N)=C\c3ccccc3[N+](=O)[O-])n2)cc1. The van der Waals surface area contributed by atoms with Crippen molar-refractivity contribution in [2.45, 2.75) is 20.3 Å². The average Bonchev–Trinajstić information content (AvgIpc) is 3.16. The Bertz CT molecular complexity index is 1060. The van der Waals surface area contributed by atoms with Gasteiger partial charge in [0.15, 0.2) is 0 Å². The Morgan fingerprint density at radius 3 is 2.61 bits per heavy atom. The maximum absolute atomic E-state index is 11.2. The number of hydrogen-bond donors (Lipinski definition) is 0. The van der Waals surface area contributed by atoms with Crippen LogP contribution in [-0.2, 0) is 6.42 Å². The van der Waals surface area contributed by atoms with Gasteiger partial charge in [-0.25, -0.2) is 4.98 Å². The van der Waals surface area contributed by atoms with Gasteiger partial charge in [0.2, 0.25) is 0 Å². The molecule has 0 amide bonds. The van der Waals surface area contributed by atoms with Gasteiger partial charge in [-0.1, -0.05) is 50.2 Å². The summed E-state index contributed by atoms with van der Waals surface area (Å²) in [4.78, 5) is 15.3. The molecule has 2 aromatic carbocycles. The van der Waals surface area contributed by atoms with Crippen molar-refractivity contribution < 1.29 is 4.92 Å². The highest BCUT2D eigenvalue weighted by Gasteiger charge is 2.14. The van der Waals surface area contributed by atoms with Crippen LogP contribution in [0.1, 0.15) is 30.0 Å². The smallest absolute Gasteiger partial charge is 0.258 e. The van der Waals surface area contributed by atoms with Crippen LogP contribution in [0.2, 0.25) is 0 Å². The van der Waals surface area contributed by atoms with E-state index in [1.54, 1.807) is 18.2 Å². The van der Waals surface area contributed by atoms with E-state index < -0.39 is 4.92 Å². The van der Waals surface area contributed by atoms with E-state index in [1.807, 2.05) is 17.5 Å². The minimum atomic E-state index is -0.452. The van der Waals surface area contributed by atoms with Gasteiger partial charge in [-0.2, -0.15) is 5.26 Å². The van der Waals surface area contributed by atoms with Crippen LogP contribution in [0, 0.1) is 27.4 Å². The minimum absolute atomic E-state index is 0.0345. The summed E-state index contributed by atoms with van der Waals surface area (Å²) >= 11 is 1.35. The first kappa shape index (κ1) is 19.5. The lowest BCUT2D eigenvalue weighted by molar-refractivity contribution is -0.385. The van der Waals surface area contributed by atoms with Crippen molar-refractivity contribution in [1.29, 1.82) is 5.26 Å². The minimum Gasteiger partial charge on any atom is -0.258 e. The number of hydrogen-bond acceptors (Lipinski definition) is 5. The van der Waals surface area contributed by atoms with Crippen LogP contribution in [0.3, 0.4) is 0 Å². The van der Waals surface area contributed by atoms with Gasteiger partial charge in [-0.05, 0) is 30.0 Å². The van der Waals surface area contributed by atoms with Crippen LogP contribution in [0.25, 0.3) is 22.9 Å². The normalized spacial score (nSPS) is 11.4. The van der Waals surface area contributed by atoms with E-state index >= 15 is 0 Å². The predicted octanol–water partition coefficient (Wildman–Crippen LogP) is 5.98. The molecule has 3 aromatic rings. The first-order chi connectivity index (χ1) is 13.5. The second kappa shape index (κ2) is 8.59. The topological polar surface area (TPSA) is 79.8 Å². The van der Waals surface area contributed by atoms with E-state index in [-0.39, 0.29) is 5.69 Å². The summed E-state index contributed by atoms with van der Waals surface area (Å²) in [6, 6.07) is 16.7. The first-order valence-electron chi connectivity index (χ1n) is 8.88. The lowest BCUT2D eigenvalue weighted by Crippen LogP contribution is -1.93. The third kappa shape index (κ3) is 4.51. The van der Waals surface area contributed by atoms with Crippen molar-refractivity contribution in [3.63, 3.8) is 0 Å². The number of aromatic nitrogens is 1. The van der Waals surface area contributed by atoms with Crippen LogP contribution in [0.4, 0.5) is 5.69 Å². The highest BCUT2D eigenvalue weighted by Crippen LogP contribution is 2.29. The summed E-state index contributed by atoms with van der Waals surface area (Å²) in [5.74, 6) is 0.599. The number of thiazole rings is 1. The van der Waals surface area contributed by atoms with Gasteiger partial charge < -0.3 is 0 Å². The molecule has 0 aliphatic carbocycles. The number of para-hydroxylation sites is 1. The molecule has 0 saturated carbocycles. The molecule has 0 spiro atoms. The van der Waals surface area contributed by atoms with Gasteiger partial charge in [0.05, 0.1) is 21.8 Å². The fraction of sp³-hybridized carbons (Fsp3) is 0.182. The van der Waals surface area contributed by atoms with Gasteiger partial charge in [0, 0.05) is 17.0 Å². The van der Waals surface area contributed by atoms with Crippen LogP contribution >= 0.6 is 11.3 Å². The van der Waals surface area contributed by atoms with Crippen LogP contribution in [-0.4, -0.2) is 9.91 Å². The molecule has 0 radical (unpaired) electrons. The molecule has 0 fully saturated rings. The Kier molecular flexibility index (Phi) is 5.97. The number of nitro benzene ring substituents is 1. The second-order valence-electron chi connectivity index (χ2n) is 6.82. The van der Waals surface area contributed by atoms with Gasteiger partial charge in [0.25, 0.3) is 5.69 Å². The molecule has 28 heavy (non-hydrogen) atoms. The Labute approximate surface area is 167 Å². The third-order valence-corrected chi connectivity index (χ3v) is 5.06. The van der Waals surface area contributed by atoms with E-state index in [9.17, 15) is 15.4 Å². The predicted molar refractivity (Wildman–Crippen MR) is 113 cm³/mol. The average molecular weight is 389 g/mol. The lowest BCUT2D eigenvalue weighted by Gasteiger charge is -2.05. The summed E-state index contributed by atoms with van der Waals surface area (Å²) in [5, 5.41) is 23.2. The lowest BCUT2D eigenvalue weighted by atomic mass is 10.0. The molecule has 0 bridgehead atoms. The molecule has 0 saturated heterocycles. The van der Waals surface area contributed by atoms with E-state index in [0.29, 0.717) is 22.1 Å². The summed E-state index contributed by atoms with van der Waals surface area (Å²) in [6.45, 7) is 4.38. The molecule has 0 atom stereocenters. The molecule has 1 heterocycles. The number of allylic oxidation sites excluding steroid dienone is 1. The molecule has 0 N–H and O–H groups in total. The van der Waals surface area contributed by atoms with Crippen LogP contribution in [0.15, 0.2) is 53.9 Å². The molecule has 3 rings (SSSR count). The largest absolute Gasteiger partial charge is 0.276 e. The molecule has 140 valence electrons. The molecule has 0 unspecified atom stereocenters. The van der Waals surface area contributed by atoms with E-state index in [1.165, 1.54) is 29.0 Å². The maximum Gasteiger partial charge on any atom is 0.276 e. The number of nitriles is 1. The van der Waals surface area contributed by atoms with Gasteiger partial charge >= 0.3 is 0 Å². The quantitative estimate of drug-likeness (QED) is 0.295. The van der Waals surface area contributed by atoms with Crippen LogP contribution in [0.5, 0.6) is 0 Å². The van der Waals surface area contributed by atoms with Crippen molar-refractivity contribution in [3.05, 3.63) is 80.2 Å². The molecular weight excluding hydrogens is 370 g/mol. The third-order valence-electron chi connectivity index (χ3n) is 4.18. The molecule has 6 heteroatoms. The summed E-state index contributed by atoms with van der Waals surface area (Å²) in [6.07, 6.45) is 2.55. The molecule has 5 nitrogen and oxygen atoms in total. The van der Waals surface area contributed by atoms with Crippen LogP contribution < -0.4 is 0 Å². The van der Waals surface area contributed by atoms with Gasteiger partial charge in [-0.15, -0.1) is 11.3 Å². The Morgan fingerprint density at radius 1 is 1.25 bits per heavy atom. The monoisotopic (exact) mass is 389 g/mol. The van der Waals surface area contributed by atoms with Crippen molar-refractivity contribution in [2.24, 2.45) is 5.92 Å². The molecule has 0 aliphatic heterocycles. The Balaban J connectivity index is 1.90. The van der Waals surface area contributed by atoms with E-state index in [4.69, 9.17) is 0 Å². The summed E-state index contributed by atoms with van der Waals surface area (Å²) in [7, 11) is 0. The number of nitro groups is 1. The highest BCUT2D eigenvalue weighted by molar-refractivity contribution is 7.11. The van der Waals surface area contributed by atoms with E-state index in [2.05, 4.69) is 37.0 Å². The fourth-order valence-electron chi connectivity index (χ4n) is 2.89. The van der Waals surface area contributed by atoms with Crippen molar-refractivity contribution in [1.82, 2.24) is 4.98 Å². The fourth-order valence-corrected chi connectivity index (χ4v) is 3.68. The first-order valence-corrected chi connectivity index (χ1v) is 9.76. The zero-order valence-corrected chi connectivity index (χ0v) is 16.4. The zero-order chi connectivity index (χ0) is 20.1. The second-order valence-corrected chi connectivity index (χ2v) is 7.68. The maximum atomic E-state index is 11.2. The standard InChI is InChI=1S/C22H19N3O2S/c1-15(2)11-16-7-9-17(10-8-16)20-14-28-22(24-20)19(13-23)12-18-5-3-4-6-21(18)25(26)27/h3-10,12,14-15H,11H2,1-2H3/b19-12-. The molecular formula is C22H19N3O2S. The highest BCUT2D eigenvalue weighted by atomic mass is 32.1. The number of nitrogens with zero attached hydrogens (tertiary/aromatic N) is 3. The Hall–Kier alpha value is -3.30. The molecule has 1 aromatic heterocycles. The Morgan fingerprint density at radius 2 is 1.96 bits per heavy atom. The number of benzene rings is 2. The van der Waals surface area contributed by atoms with E-state index in [0.717, 1.165) is 17.7 Å². The van der Waals surface area contributed by atoms with Gasteiger partial charge in [0.1, 0.15) is 11.1 Å².